The lowest BCUT2D eigenvalue weighted by molar-refractivity contribution is -0.0967. The number of aromatic amines is 1. The van der Waals surface area contributed by atoms with Crippen LogP contribution in [0.15, 0.2) is 101 Å². The summed E-state index contributed by atoms with van der Waals surface area (Å²) in [6.45, 7) is -0.0669. The molecule has 0 saturated carbocycles. The molecule has 10 heteroatoms. The smallest absolute Gasteiger partial charge is 0.330 e. The Labute approximate surface area is 236 Å². The third kappa shape index (κ3) is 5.42. The van der Waals surface area contributed by atoms with Crippen LogP contribution in [-0.2, 0) is 19.8 Å². The molecule has 0 amide bonds. The van der Waals surface area contributed by atoms with Gasteiger partial charge in [0.15, 0.2) is 6.23 Å². The highest BCUT2D eigenvalue weighted by Gasteiger charge is 2.47. The second-order valence-corrected chi connectivity index (χ2v) is 9.59. The molecule has 1 fully saturated rings. The number of aliphatic hydroxyl groups is 1. The van der Waals surface area contributed by atoms with E-state index in [2.05, 4.69) is 4.98 Å². The Morgan fingerprint density at radius 3 is 1.90 bits per heavy atom. The molecule has 3 aromatic carbocycles. The molecule has 214 valence electrons. The first kappa shape index (κ1) is 28.3. The van der Waals surface area contributed by atoms with Crippen LogP contribution >= 0.6 is 0 Å². The van der Waals surface area contributed by atoms with E-state index in [-0.39, 0.29) is 6.61 Å². The van der Waals surface area contributed by atoms with Crippen molar-refractivity contribution in [3.05, 3.63) is 129 Å². The first-order chi connectivity index (χ1) is 19.9. The van der Waals surface area contributed by atoms with Gasteiger partial charge in [0.1, 0.15) is 35.4 Å². The van der Waals surface area contributed by atoms with Gasteiger partial charge in [0.25, 0.3) is 5.56 Å². The number of hydrogen-bond donors (Lipinski definition) is 2. The summed E-state index contributed by atoms with van der Waals surface area (Å²) in [7, 11) is 4.64. The first-order valence-electron chi connectivity index (χ1n) is 13.1. The number of nitrogens with zero attached hydrogens (tertiary/aromatic N) is 1. The molecule has 1 aliphatic rings. The second kappa shape index (κ2) is 12.1. The lowest BCUT2D eigenvalue weighted by Crippen LogP contribution is -2.40. The number of aliphatic hydroxyl groups excluding tert-OH is 1. The van der Waals surface area contributed by atoms with Gasteiger partial charge < -0.3 is 28.8 Å². The van der Waals surface area contributed by atoms with E-state index in [0.29, 0.717) is 11.5 Å². The van der Waals surface area contributed by atoms with Gasteiger partial charge in [-0.3, -0.25) is 14.3 Å². The van der Waals surface area contributed by atoms with Crippen molar-refractivity contribution in [1.82, 2.24) is 9.55 Å². The Morgan fingerprint density at radius 1 is 0.829 bits per heavy atom. The van der Waals surface area contributed by atoms with Gasteiger partial charge in [-0.15, -0.1) is 0 Å². The van der Waals surface area contributed by atoms with Gasteiger partial charge in [-0.1, -0.05) is 54.6 Å². The zero-order valence-electron chi connectivity index (χ0n) is 22.9. The van der Waals surface area contributed by atoms with Crippen molar-refractivity contribution in [1.29, 1.82) is 0 Å². The SMILES string of the molecule is COc1ccc(C(OC[C@@H]2O[C@H](n3ccc(=O)[nH]c3=O)C(OC)C2O)(c2ccccc2)c2ccc(OC)cc2)cc1. The van der Waals surface area contributed by atoms with E-state index in [1.165, 1.54) is 23.9 Å². The summed E-state index contributed by atoms with van der Waals surface area (Å²) >= 11 is 0. The van der Waals surface area contributed by atoms with Crippen molar-refractivity contribution in [2.24, 2.45) is 0 Å². The summed E-state index contributed by atoms with van der Waals surface area (Å²) in [6, 6.07) is 26.1. The van der Waals surface area contributed by atoms with Crippen LogP contribution in [0.25, 0.3) is 0 Å². The number of nitrogens with one attached hydrogen (secondary N) is 1. The highest BCUT2D eigenvalue weighted by Crippen LogP contribution is 2.43. The topological polar surface area (TPSA) is 121 Å². The van der Waals surface area contributed by atoms with E-state index in [1.807, 2.05) is 78.9 Å². The minimum atomic E-state index is -1.14. The molecule has 4 aromatic rings. The minimum Gasteiger partial charge on any atom is -0.497 e. The Balaban J connectivity index is 1.57. The van der Waals surface area contributed by atoms with Crippen molar-refractivity contribution >= 4 is 0 Å². The standard InChI is InChI=1S/C31H32N2O8/c1-37-23-13-9-21(10-14-23)31(20-7-5-4-6-8-20,22-11-15-24(38-2)16-12-22)40-19-25-27(35)28(39-3)29(41-25)33-18-17-26(34)32-30(33)36/h4-18,25,27-29,35H,19H2,1-3H3,(H,32,34,36)/t25-,27?,28?,29-/m0/s1. The molecule has 0 spiro atoms. The molecule has 2 N–H and O–H groups in total. The zero-order valence-corrected chi connectivity index (χ0v) is 22.9. The summed E-state index contributed by atoms with van der Waals surface area (Å²) in [4.78, 5) is 26.3. The van der Waals surface area contributed by atoms with Gasteiger partial charge >= 0.3 is 5.69 Å². The van der Waals surface area contributed by atoms with E-state index < -0.39 is 41.4 Å². The fourth-order valence-electron chi connectivity index (χ4n) is 5.24. The molecule has 2 unspecified atom stereocenters. The predicted octanol–water partition coefficient (Wildman–Crippen LogP) is 2.84. The Morgan fingerprint density at radius 2 is 1.39 bits per heavy atom. The maximum Gasteiger partial charge on any atom is 0.330 e. The molecule has 2 heterocycles. The average molecular weight is 561 g/mol. The average Bonchev–Trinajstić information content (AvgIpc) is 3.33. The quantitative estimate of drug-likeness (QED) is 0.284. The van der Waals surface area contributed by atoms with E-state index in [0.717, 1.165) is 16.7 Å². The van der Waals surface area contributed by atoms with Crippen LogP contribution in [0.4, 0.5) is 0 Å². The number of ether oxygens (including phenoxy) is 5. The molecule has 0 aliphatic carbocycles. The Kier molecular flexibility index (Phi) is 8.36. The van der Waals surface area contributed by atoms with Gasteiger partial charge in [0.2, 0.25) is 0 Å². The number of benzene rings is 3. The third-order valence-corrected chi connectivity index (χ3v) is 7.35. The maximum atomic E-state index is 12.5. The van der Waals surface area contributed by atoms with Gasteiger partial charge in [0, 0.05) is 19.4 Å². The van der Waals surface area contributed by atoms with Gasteiger partial charge in [-0.25, -0.2) is 4.79 Å². The number of H-pyrrole nitrogens is 1. The van der Waals surface area contributed by atoms with Gasteiger partial charge in [0.05, 0.1) is 20.8 Å². The van der Waals surface area contributed by atoms with E-state index in [9.17, 15) is 14.7 Å². The molecule has 41 heavy (non-hydrogen) atoms. The molecule has 1 aliphatic heterocycles. The minimum absolute atomic E-state index is 0.0669. The van der Waals surface area contributed by atoms with Crippen LogP contribution in [0.2, 0.25) is 0 Å². The van der Waals surface area contributed by atoms with Crippen molar-refractivity contribution in [2.75, 3.05) is 27.9 Å². The third-order valence-electron chi connectivity index (χ3n) is 7.35. The number of rotatable bonds is 10. The van der Waals surface area contributed by atoms with Gasteiger partial charge in [-0.05, 0) is 41.0 Å². The fraction of sp³-hybridized carbons (Fsp3) is 0.290. The fourth-order valence-corrected chi connectivity index (χ4v) is 5.24. The van der Waals surface area contributed by atoms with Crippen LogP contribution in [-0.4, -0.2) is 60.9 Å². The first-order valence-corrected chi connectivity index (χ1v) is 13.1. The summed E-state index contributed by atoms with van der Waals surface area (Å²) in [5, 5.41) is 11.2. The number of aromatic nitrogens is 2. The highest BCUT2D eigenvalue weighted by atomic mass is 16.6. The maximum absolute atomic E-state index is 12.5. The van der Waals surface area contributed by atoms with E-state index in [1.54, 1.807) is 14.2 Å². The van der Waals surface area contributed by atoms with Crippen LogP contribution < -0.4 is 20.7 Å². The summed E-state index contributed by atoms with van der Waals surface area (Å²) in [5.41, 5.74) is 0.147. The summed E-state index contributed by atoms with van der Waals surface area (Å²) in [5.74, 6) is 1.38. The Hall–Kier alpha value is -4.22. The normalized spacial score (nSPS) is 20.6. The van der Waals surface area contributed by atoms with E-state index in [4.69, 9.17) is 23.7 Å². The molecule has 10 nitrogen and oxygen atoms in total. The summed E-state index contributed by atoms with van der Waals surface area (Å²) in [6.07, 6.45) is -2.56. The Bertz CT molecular complexity index is 1500. The second-order valence-electron chi connectivity index (χ2n) is 9.59. The molecule has 5 rings (SSSR count). The van der Waals surface area contributed by atoms with Crippen LogP contribution in [0.5, 0.6) is 11.5 Å². The predicted molar refractivity (Wildman–Crippen MR) is 150 cm³/mol. The van der Waals surface area contributed by atoms with Crippen LogP contribution in [0.1, 0.15) is 22.9 Å². The molecule has 0 radical (unpaired) electrons. The number of hydrogen-bond acceptors (Lipinski definition) is 8. The van der Waals surface area contributed by atoms with Crippen LogP contribution in [0.3, 0.4) is 0 Å². The zero-order chi connectivity index (χ0) is 29.0. The molecule has 1 saturated heterocycles. The van der Waals surface area contributed by atoms with Crippen molar-refractivity contribution in [3.8, 4) is 11.5 Å². The summed E-state index contributed by atoms with van der Waals surface area (Å²) < 4.78 is 30.5. The largest absolute Gasteiger partial charge is 0.497 e. The van der Waals surface area contributed by atoms with Crippen molar-refractivity contribution in [2.45, 2.75) is 30.1 Å². The van der Waals surface area contributed by atoms with Crippen molar-refractivity contribution in [3.63, 3.8) is 0 Å². The molecular weight excluding hydrogens is 528 g/mol. The lowest BCUT2D eigenvalue weighted by Gasteiger charge is -2.37. The molecule has 0 bridgehead atoms. The van der Waals surface area contributed by atoms with Gasteiger partial charge in [-0.2, -0.15) is 0 Å². The highest BCUT2D eigenvalue weighted by molar-refractivity contribution is 5.49. The molecule has 4 atom stereocenters. The van der Waals surface area contributed by atoms with E-state index >= 15 is 0 Å². The number of methoxy groups -OCH3 is 3. The van der Waals surface area contributed by atoms with Crippen molar-refractivity contribution < 1.29 is 28.8 Å². The monoisotopic (exact) mass is 560 g/mol. The molecular formula is C31H32N2O8. The lowest BCUT2D eigenvalue weighted by atomic mass is 9.80. The molecule has 1 aromatic heterocycles. The van der Waals surface area contributed by atoms with Crippen LogP contribution in [0, 0.1) is 0 Å².